The molecule has 148 valence electrons. The minimum atomic E-state index is -0.281. The Morgan fingerprint density at radius 2 is 1.87 bits per heavy atom. The second kappa shape index (κ2) is 8.62. The summed E-state index contributed by atoms with van der Waals surface area (Å²) in [6.07, 6.45) is 7.25. The molecule has 3 aromatic heterocycles. The van der Waals surface area contributed by atoms with E-state index >= 15 is 0 Å². The normalized spacial score (nSPS) is 10.7. The molecule has 6 nitrogen and oxygen atoms in total. The molecule has 4 aromatic rings. The fraction of sp³-hybridized carbons (Fsp3) is 0.174. The number of pyridine rings is 1. The van der Waals surface area contributed by atoms with Gasteiger partial charge in [-0.05, 0) is 48.9 Å². The van der Waals surface area contributed by atoms with Crippen LogP contribution in [0.15, 0.2) is 61.1 Å². The molecule has 4 rings (SSSR count). The SMILES string of the molecule is CCCc1nc(-c2ccc(F)cc2)cnc1Cc1ccnn1-c1ncccc1C#N. The molecule has 3 heterocycles. The summed E-state index contributed by atoms with van der Waals surface area (Å²) in [4.78, 5) is 13.8. The van der Waals surface area contributed by atoms with Gasteiger partial charge in [0.2, 0.25) is 0 Å². The predicted octanol–water partition coefficient (Wildman–Crippen LogP) is 4.28. The third kappa shape index (κ3) is 3.94. The second-order valence-corrected chi connectivity index (χ2v) is 6.80. The highest BCUT2D eigenvalue weighted by molar-refractivity contribution is 5.58. The molecule has 0 aliphatic carbocycles. The lowest BCUT2D eigenvalue weighted by molar-refractivity contribution is 0.628. The zero-order valence-corrected chi connectivity index (χ0v) is 16.5. The summed E-state index contributed by atoms with van der Waals surface area (Å²) >= 11 is 0. The van der Waals surface area contributed by atoms with Crippen molar-refractivity contribution in [3.05, 3.63) is 89.5 Å². The van der Waals surface area contributed by atoms with E-state index in [1.807, 2.05) is 6.07 Å². The van der Waals surface area contributed by atoms with Crippen molar-refractivity contribution in [2.24, 2.45) is 0 Å². The van der Waals surface area contributed by atoms with Crippen LogP contribution in [-0.4, -0.2) is 24.7 Å². The van der Waals surface area contributed by atoms with Gasteiger partial charge in [0.05, 0.1) is 34.5 Å². The van der Waals surface area contributed by atoms with Crippen molar-refractivity contribution < 1.29 is 4.39 Å². The topological polar surface area (TPSA) is 80.3 Å². The summed E-state index contributed by atoms with van der Waals surface area (Å²) in [5, 5.41) is 13.8. The first-order valence-corrected chi connectivity index (χ1v) is 9.68. The Morgan fingerprint density at radius 1 is 1.03 bits per heavy atom. The first-order chi connectivity index (χ1) is 14.7. The molecule has 0 aliphatic heterocycles. The maximum absolute atomic E-state index is 13.2. The number of aromatic nitrogens is 5. The van der Waals surface area contributed by atoms with Crippen molar-refractivity contribution >= 4 is 0 Å². The Balaban J connectivity index is 1.70. The predicted molar refractivity (Wildman–Crippen MR) is 110 cm³/mol. The monoisotopic (exact) mass is 398 g/mol. The third-order valence-corrected chi connectivity index (χ3v) is 4.74. The fourth-order valence-corrected chi connectivity index (χ4v) is 3.28. The zero-order chi connectivity index (χ0) is 20.9. The van der Waals surface area contributed by atoms with Gasteiger partial charge in [-0.15, -0.1) is 0 Å². The number of nitriles is 1. The molecule has 0 unspecified atom stereocenters. The molecule has 0 amide bonds. The largest absolute Gasteiger partial charge is 0.257 e. The molecule has 0 saturated carbocycles. The van der Waals surface area contributed by atoms with Gasteiger partial charge in [0.25, 0.3) is 0 Å². The summed E-state index contributed by atoms with van der Waals surface area (Å²) in [6, 6.07) is 13.7. The maximum atomic E-state index is 13.2. The minimum Gasteiger partial charge on any atom is -0.257 e. The van der Waals surface area contributed by atoms with E-state index in [-0.39, 0.29) is 5.82 Å². The summed E-state index contributed by atoms with van der Waals surface area (Å²) < 4.78 is 14.9. The van der Waals surface area contributed by atoms with Crippen LogP contribution in [0.2, 0.25) is 0 Å². The molecule has 1 aromatic carbocycles. The van der Waals surface area contributed by atoms with Crippen molar-refractivity contribution in [1.82, 2.24) is 24.7 Å². The molecule has 30 heavy (non-hydrogen) atoms. The van der Waals surface area contributed by atoms with E-state index in [1.165, 1.54) is 12.1 Å². The lowest BCUT2D eigenvalue weighted by Crippen LogP contribution is -2.10. The molecule has 0 bridgehead atoms. The standard InChI is InChI=1S/C23H19FN6/c1-2-4-20-21(27-15-22(29-20)16-6-8-18(24)9-7-16)13-19-10-12-28-30(19)23-17(14-25)5-3-11-26-23/h3,5-12,15H,2,4,13H2,1H3. The molecule has 0 fully saturated rings. The van der Waals surface area contributed by atoms with E-state index in [4.69, 9.17) is 4.98 Å². The molecule has 7 heteroatoms. The van der Waals surface area contributed by atoms with E-state index in [2.05, 4.69) is 28.1 Å². The molecule has 0 aliphatic rings. The molecule has 0 radical (unpaired) electrons. The van der Waals surface area contributed by atoms with Gasteiger partial charge in [-0.3, -0.25) is 4.98 Å². The van der Waals surface area contributed by atoms with Crippen molar-refractivity contribution in [2.75, 3.05) is 0 Å². The summed E-state index contributed by atoms with van der Waals surface area (Å²) in [5.41, 5.74) is 4.60. The van der Waals surface area contributed by atoms with Gasteiger partial charge in [0, 0.05) is 24.4 Å². The number of halogens is 1. The number of rotatable bonds is 6. The maximum Gasteiger partial charge on any atom is 0.171 e. The zero-order valence-electron chi connectivity index (χ0n) is 16.5. The van der Waals surface area contributed by atoms with Crippen LogP contribution in [0.25, 0.3) is 17.1 Å². The van der Waals surface area contributed by atoms with Gasteiger partial charge in [0.15, 0.2) is 5.82 Å². The highest BCUT2D eigenvalue weighted by Crippen LogP contribution is 2.21. The molecule has 0 saturated heterocycles. The quantitative estimate of drug-likeness (QED) is 0.484. The van der Waals surface area contributed by atoms with Crippen LogP contribution in [0.5, 0.6) is 0 Å². The highest BCUT2D eigenvalue weighted by Gasteiger charge is 2.15. The Kier molecular flexibility index (Phi) is 5.57. The summed E-state index contributed by atoms with van der Waals surface area (Å²) in [7, 11) is 0. The smallest absolute Gasteiger partial charge is 0.171 e. The van der Waals surface area contributed by atoms with Crippen LogP contribution in [-0.2, 0) is 12.8 Å². The van der Waals surface area contributed by atoms with E-state index in [0.29, 0.717) is 23.5 Å². The number of benzene rings is 1. The lowest BCUT2D eigenvalue weighted by Gasteiger charge is -2.11. The number of aryl methyl sites for hydroxylation is 1. The van der Waals surface area contributed by atoms with Crippen LogP contribution in [0.1, 0.15) is 36.0 Å². The Hall–Kier alpha value is -3.92. The Bertz CT molecular complexity index is 1210. The van der Waals surface area contributed by atoms with Gasteiger partial charge >= 0.3 is 0 Å². The van der Waals surface area contributed by atoms with Gasteiger partial charge in [-0.1, -0.05) is 13.3 Å². The van der Waals surface area contributed by atoms with Gasteiger partial charge < -0.3 is 0 Å². The average molecular weight is 398 g/mol. The van der Waals surface area contributed by atoms with Gasteiger partial charge in [-0.2, -0.15) is 10.4 Å². The Morgan fingerprint density at radius 3 is 2.63 bits per heavy atom. The molecule has 0 N–H and O–H groups in total. The molecule has 0 atom stereocenters. The number of nitrogens with zero attached hydrogens (tertiary/aromatic N) is 6. The second-order valence-electron chi connectivity index (χ2n) is 6.80. The number of hydrogen-bond acceptors (Lipinski definition) is 5. The van der Waals surface area contributed by atoms with Crippen molar-refractivity contribution in [2.45, 2.75) is 26.2 Å². The minimum absolute atomic E-state index is 0.281. The lowest BCUT2D eigenvalue weighted by atomic mass is 10.1. The van der Waals surface area contributed by atoms with Crippen molar-refractivity contribution in [3.8, 4) is 23.1 Å². The fourth-order valence-electron chi connectivity index (χ4n) is 3.28. The summed E-state index contributed by atoms with van der Waals surface area (Å²) in [5.74, 6) is 0.213. The van der Waals surface area contributed by atoms with E-state index in [1.54, 1.807) is 47.5 Å². The third-order valence-electron chi connectivity index (χ3n) is 4.74. The van der Waals surface area contributed by atoms with Crippen molar-refractivity contribution in [1.29, 1.82) is 5.26 Å². The van der Waals surface area contributed by atoms with Crippen molar-refractivity contribution in [3.63, 3.8) is 0 Å². The van der Waals surface area contributed by atoms with E-state index in [9.17, 15) is 9.65 Å². The summed E-state index contributed by atoms with van der Waals surface area (Å²) in [6.45, 7) is 2.09. The first kappa shape index (κ1) is 19.4. The van der Waals surface area contributed by atoms with Crippen LogP contribution in [0.3, 0.4) is 0 Å². The molecular formula is C23H19FN6. The Labute approximate surface area is 173 Å². The van der Waals surface area contributed by atoms with Gasteiger partial charge in [-0.25, -0.2) is 19.0 Å². The molecule has 0 spiro atoms. The average Bonchev–Trinajstić information content (AvgIpc) is 3.23. The van der Waals surface area contributed by atoms with E-state index in [0.717, 1.165) is 35.5 Å². The van der Waals surface area contributed by atoms with Crippen LogP contribution in [0.4, 0.5) is 4.39 Å². The first-order valence-electron chi connectivity index (χ1n) is 9.68. The van der Waals surface area contributed by atoms with E-state index < -0.39 is 0 Å². The van der Waals surface area contributed by atoms with Crippen LogP contribution >= 0.6 is 0 Å². The molecular weight excluding hydrogens is 379 g/mol. The highest BCUT2D eigenvalue weighted by atomic mass is 19.1. The number of hydrogen-bond donors (Lipinski definition) is 0. The van der Waals surface area contributed by atoms with Crippen LogP contribution < -0.4 is 0 Å². The van der Waals surface area contributed by atoms with Gasteiger partial charge in [0.1, 0.15) is 11.9 Å². The van der Waals surface area contributed by atoms with Crippen LogP contribution in [0, 0.1) is 17.1 Å².